The predicted octanol–water partition coefficient (Wildman–Crippen LogP) is 3.25. The van der Waals surface area contributed by atoms with Crippen LogP contribution in [0.4, 0.5) is 5.82 Å². The van der Waals surface area contributed by atoms with Gasteiger partial charge in [-0.2, -0.15) is 0 Å². The van der Waals surface area contributed by atoms with Gasteiger partial charge in [0, 0.05) is 18.8 Å². The molecule has 0 unspecified atom stereocenters. The molecule has 1 saturated carbocycles. The maximum atomic E-state index is 11.0. The number of rotatable bonds is 4. The largest absolute Gasteiger partial charge is 0.478 e. The average molecular weight is 262 g/mol. The number of hydrogen-bond donors (Lipinski definition) is 1. The van der Waals surface area contributed by atoms with Crippen LogP contribution < -0.4 is 4.90 Å². The lowest BCUT2D eigenvalue weighted by atomic mass is 9.94. The first-order valence-electron chi connectivity index (χ1n) is 7.10. The zero-order chi connectivity index (χ0) is 13.8. The molecule has 0 bridgehead atoms. The summed E-state index contributed by atoms with van der Waals surface area (Å²) in [7, 11) is 0. The van der Waals surface area contributed by atoms with E-state index in [4.69, 9.17) is 5.11 Å². The molecule has 0 radical (unpaired) electrons. The van der Waals surface area contributed by atoms with Crippen LogP contribution in [0.25, 0.3) is 0 Å². The summed E-state index contributed by atoms with van der Waals surface area (Å²) in [6.45, 7) is 5.01. The molecular weight excluding hydrogens is 240 g/mol. The molecule has 0 amide bonds. The Morgan fingerprint density at radius 2 is 2.11 bits per heavy atom. The van der Waals surface area contributed by atoms with E-state index >= 15 is 0 Å². The van der Waals surface area contributed by atoms with E-state index in [0.717, 1.165) is 17.9 Å². The Morgan fingerprint density at radius 3 is 2.63 bits per heavy atom. The number of anilines is 1. The molecule has 2 rings (SSSR count). The van der Waals surface area contributed by atoms with Gasteiger partial charge in [-0.15, -0.1) is 0 Å². The fourth-order valence-electron chi connectivity index (χ4n) is 2.96. The van der Waals surface area contributed by atoms with Gasteiger partial charge in [0.05, 0.1) is 5.56 Å². The molecule has 4 nitrogen and oxygen atoms in total. The highest BCUT2D eigenvalue weighted by molar-refractivity contribution is 5.87. The minimum Gasteiger partial charge on any atom is -0.478 e. The fraction of sp³-hybridized carbons (Fsp3) is 0.600. The van der Waals surface area contributed by atoms with E-state index in [-0.39, 0.29) is 5.56 Å². The summed E-state index contributed by atoms with van der Waals surface area (Å²) >= 11 is 0. The number of nitrogens with zero attached hydrogens (tertiary/aromatic N) is 2. The van der Waals surface area contributed by atoms with Crippen LogP contribution in [0.5, 0.6) is 0 Å². The molecule has 1 fully saturated rings. The zero-order valence-corrected chi connectivity index (χ0v) is 11.7. The van der Waals surface area contributed by atoms with Gasteiger partial charge >= 0.3 is 5.97 Å². The molecule has 4 heteroatoms. The number of hydrogen-bond acceptors (Lipinski definition) is 3. The summed E-state index contributed by atoms with van der Waals surface area (Å²) in [5, 5.41) is 8.99. The Balaban J connectivity index is 2.24. The summed E-state index contributed by atoms with van der Waals surface area (Å²) in [5.74, 6) is 0.0299. The number of carbonyl (C=O) groups is 1. The van der Waals surface area contributed by atoms with Gasteiger partial charge in [-0.05, 0) is 38.3 Å². The molecule has 0 aromatic carbocycles. The third-order valence-corrected chi connectivity index (χ3v) is 3.93. The summed E-state index contributed by atoms with van der Waals surface area (Å²) in [4.78, 5) is 17.7. The van der Waals surface area contributed by atoms with Gasteiger partial charge in [-0.1, -0.05) is 19.3 Å². The van der Waals surface area contributed by atoms with Crippen LogP contribution in [-0.4, -0.2) is 28.6 Å². The van der Waals surface area contributed by atoms with Gasteiger partial charge in [0.15, 0.2) is 0 Å². The Hall–Kier alpha value is -1.58. The standard InChI is InChI=1S/C15H22N2O2/c1-3-17(13-7-5-4-6-8-13)14-11(2)9-12(10-16-14)15(18)19/h9-10,13H,3-8H2,1-2H3,(H,18,19). The van der Waals surface area contributed by atoms with E-state index in [1.54, 1.807) is 6.07 Å². The third-order valence-electron chi connectivity index (χ3n) is 3.93. The van der Waals surface area contributed by atoms with Gasteiger partial charge in [0.1, 0.15) is 5.82 Å². The van der Waals surface area contributed by atoms with Crippen LogP contribution in [0.2, 0.25) is 0 Å². The van der Waals surface area contributed by atoms with Gasteiger partial charge in [0.2, 0.25) is 0 Å². The first-order chi connectivity index (χ1) is 9.13. The minimum atomic E-state index is -0.914. The number of pyridine rings is 1. The van der Waals surface area contributed by atoms with Crippen molar-refractivity contribution in [2.24, 2.45) is 0 Å². The molecule has 0 atom stereocenters. The molecule has 1 aromatic rings. The van der Waals surface area contributed by atoms with Gasteiger partial charge in [-0.25, -0.2) is 9.78 Å². The molecule has 0 spiro atoms. The van der Waals surface area contributed by atoms with Crippen molar-refractivity contribution in [2.75, 3.05) is 11.4 Å². The summed E-state index contributed by atoms with van der Waals surface area (Å²) < 4.78 is 0. The lowest BCUT2D eigenvalue weighted by molar-refractivity contribution is 0.0696. The normalized spacial score (nSPS) is 16.3. The number of aryl methyl sites for hydroxylation is 1. The Morgan fingerprint density at radius 1 is 1.42 bits per heavy atom. The highest BCUT2D eigenvalue weighted by Gasteiger charge is 2.22. The van der Waals surface area contributed by atoms with Crippen LogP contribution in [0, 0.1) is 6.92 Å². The molecule has 1 N–H and O–H groups in total. The number of carboxylic acid groups (broad SMARTS) is 1. The van der Waals surface area contributed by atoms with E-state index in [9.17, 15) is 4.79 Å². The third kappa shape index (κ3) is 3.06. The van der Waals surface area contributed by atoms with Crippen molar-refractivity contribution in [2.45, 2.75) is 52.0 Å². The average Bonchev–Trinajstić information content (AvgIpc) is 2.42. The van der Waals surface area contributed by atoms with Gasteiger partial charge in [0.25, 0.3) is 0 Å². The van der Waals surface area contributed by atoms with Crippen molar-refractivity contribution in [3.05, 3.63) is 23.4 Å². The van der Waals surface area contributed by atoms with Crippen molar-refractivity contribution >= 4 is 11.8 Å². The van der Waals surface area contributed by atoms with Gasteiger partial charge in [-0.3, -0.25) is 0 Å². The van der Waals surface area contributed by atoms with E-state index < -0.39 is 5.97 Å². The molecule has 104 valence electrons. The second kappa shape index (κ2) is 6.04. The monoisotopic (exact) mass is 262 g/mol. The minimum absolute atomic E-state index is 0.265. The van der Waals surface area contributed by atoms with Crippen molar-refractivity contribution < 1.29 is 9.90 Å². The predicted molar refractivity (Wildman–Crippen MR) is 75.8 cm³/mol. The SMILES string of the molecule is CCN(c1ncc(C(=O)O)cc1C)C1CCCCC1. The molecular formula is C15H22N2O2. The second-order valence-electron chi connectivity index (χ2n) is 5.25. The molecule has 0 aliphatic heterocycles. The topological polar surface area (TPSA) is 53.4 Å². The summed E-state index contributed by atoms with van der Waals surface area (Å²) in [6, 6.07) is 2.27. The second-order valence-corrected chi connectivity index (χ2v) is 5.25. The molecule has 1 aliphatic rings. The van der Waals surface area contributed by atoms with E-state index in [0.29, 0.717) is 6.04 Å². The highest BCUT2D eigenvalue weighted by atomic mass is 16.4. The van der Waals surface area contributed by atoms with Crippen LogP contribution in [0.15, 0.2) is 12.3 Å². The molecule has 19 heavy (non-hydrogen) atoms. The first-order valence-corrected chi connectivity index (χ1v) is 7.10. The van der Waals surface area contributed by atoms with Crippen molar-refractivity contribution in [1.29, 1.82) is 0 Å². The highest BCUT2D eigenvalue weighted by Crippen LogP contribution is 2.28. The lowest BCUT2D eigenvalue weighted by Gasteiger charge is -2.35. The fourth-order valence-corrected chi connectivity index (χ4v) is 2.96. The van der Waals surface area contributed by atoms with Crippen molar-refractivity contribution in [3.8, 4) is 0 Å². The number of aromatic carboxylic acids is 1. The number of aromatic nitrogens is 1. The van der Waals surface area contributed by atoms with E-state index in [2.05, 4.69) is 16.8 Å². The number of carboxylic acids is 1. The Labute approximate surface area is 114 Å². The quantitative estimate of drug-likeness (QED) is 0.905. The van der Waals surface area contributed by atoms with Crippen molar-refractivity contribution in [3.63, 3.8) is 0 Å². The van der Waals surface area contributed by atoms with Gasteiger partial charge < -0.3 is 10.0 Å². The van der Waals surface area contributed by atoms with Crippen molar-refractivity contribution in [1.82, 2.24) is 4.98 Å². The Bertz CT molecular complexity index is 453. The molecule has 0 saturated heterocycles. The summed E-state index contributed by atoms with van der Waals surface area (Å²) in [5.41, 5.74) is 1.22. The van der Waals surface area contributed by atoms with E-state index in [1.165, 1.54) is 38.3 Å². The molecule has 1 aromatic heterocycles. The Kier molecular flexibility index (Phi) is 4.40. The van der Waals surface area contributed by atoms with Crippen LogP contribution in [0.3, 0.4) is 0 Å². The van der Waals surface area contributed by atoms with Crippen LogP contribution in [-0.2, 0) is 0 Å². The zero-order valence-electron chi connectivity index (χ0n) is 11.7. The maximum Gasteiger partial charge on any atom is 0.337 e. The molecule has 1 heterocycles. The summed E-state index contributed by atoms with van der Waals surface area (Å²) in [6.07, 6.45) is 7.81. The smallest absolute Gasteiger partial charge is 0.337 e. The van der Waals surface area contributed by atoms with Crippen LogP contribution in [0.1, 0.15) is 54.9 Å². The van der Waals surface area contributed by atoms with E-state index in [1.807, 2.05) is 6.92 Å². The first kappa shape index (κ1) is 13.8. The van der Waals surface area contributed by atoms with Crippen LogP contribution >= 0.6 is 0 Å². The lowest BCUT2D eigenvalue weighted by Crippen LogP contribution is -2.37. The maximum absolute atomic E-state index is 11.0. The molecule has 1 aliphatic carbocycles.